The molecule has 1 aliphatic heterocycles. The summed E-state index contributed by atoms with van der Waals surface area (Å²) in [7, 11) is -3.54. The molecule has 0 amide bonds. The Morgan fingerprint density at radius 1 is 0.714 bits per heavy atom. The second kappa shape index (κ2) is 4.67. The van der Waals surface area contributed by atoms with Gasteiger partial charge in [-0.05, 0) is 21.1 Å². The van der Waals surface area contributed by atoms with Crippen molar-refractivity contribution < 1.29 is 0 Å². The lowest BCUT2D eigenvalue weighted by molar-refractivity contribution is 1.47. The normalized spacial score (nSPS) is 16.9. The van der Waals surface area contributed by atoms with Crippen molar-refractivity contribution in [1.29, 1.82) is 0 Å². The van der Waals surface area contributed by atoms with E-state index in [0.717, 1.165) is 0 Å². The van der Waals surface area contributed by atoms with Gasteiger partial charge in [0.15, 0.2) is 0 Å². The Kier molecular flexibility index (Phi) is 3.39. The molecular weight excluding hydrogens is 300 g/mol. The number of rotatable bonds is 4. The first-order chi connectivity index (χ1) is 9.62. The van der Waals surface area contributed by atoms with Gasteiger partial charge in [-0.2, -0.15) is 0 Å². The molecule has 0 atom stereocenters. The van der Waals surface area contributed by atoms with Crippen molar-refractivity contribution >= 4 is 45.4 Å². The van der Waals surface area contributed by atoms with Gasteiger partial charge in [-0.25, -0.2) is 0 Å². The first-order valence-electron chi connectivity index (χ1n) is 8.15. The van der Waals surface area contributed by atoms with E-state index in [1.54, 1.807) is 27.1 Å². The van der Waals surface area contributed by atoms with Gasteiger partial charge in [0, 0.05) is 16.1 Å². The van der Waals surface area contributed by atoms with Crippen LogP contribution >= 0.6 is 0 Å². The van der Waals surface area contributed by atoms with E-state index in [4.69, 9.17) is 0 Å². The lowest BCUT2D eigenvalue weighted by Gasteiger charge is -2.48. The maximum absolute atomic E-state index is 2.56. The van der Waals surface area contributed by atoms with E-state index in [9.17, 15) is 0 Å². The van der Waals surface area contributed by atoms with Gasteiger partial charge in [0.05, 0.1) is 0 Å². The van der Waals surface area contributed by atoms with Crippen LogP contribution in [0, 0.1) is 0 Å². The van der Waals surface area contributed by atoms with Crippen LogP contribution in [0.3, 0.4) is 0 Å². The van der Waals surface area contributed by atoms with Gasteiger partial charge in [-0.15, -0.1) is 0 Å². The summed E-state index contributed by atoms with van der Waals surface area (Å²) in [4.78, 5) is 0. The SMILES string of the molecule is C[Si](C)(C)C[Si]1(C[Si](C)(C)C)c2cccc3cccc1c23. The third kappa shape index (κ3) is 2.60. The van der Waals surface area contributed by atoms with Crippen molar-refractivity contribution in [3.8, 4) is 0 Å². The van der Waals surface area contributed by atoms with Crippen LogP contribution in [-0.2, 0) is 0 Å². The summed E-state index contributed by atoms with van der Waals surface area (Å²) >= 11 is 0. The van der Waals surface area contributed by atoms with E-state index in [-0.39, 0.29) is 0 Å². The molecule has 0 spiro atoms. The summed E-state index contributed by atoms with van der Waals surface area (Å²) in [5.41, 5.74) is 3.08. The van der Waals surface area contributed by atoms with Crippen LogP contribution in [0.1, 0.15) is 0 Å². The summed E-state index contributed by atoms with van der Waals surface area (Å²) in [6.07, 6.45) is 0. The first kappa shape index (κ1) is 15.3. The Labute approximate surface area is 132 Å². The summed E-state index contributed by atoms with van der Waals surface area (Å²) < 4.78 is 0. The largest absolute Gasteiger partial charge is 0.114 e. The highest BCUT2D eigenvalue weighted by molar-refractivity contribution is 7.20. The average molecular weight is 329 g/mol. The van der Waals surface area contributed by atoms with Gasteiger partial charge in [-0.1, -0.05) is 87.0 Å². The minimum atomic E-state index is -1.41. The molecule has 0 saturated heterocycles. The fourth-order valence-electron chi connectivity index (χ4n) is 4.48. The molecule has 0 aliphatic carbocycles. The molecule has 2 aromatic carbocycles. The van der Waals surface area contributed by atoms with Crippen molar-refractivity contribution in [3.05, 3.63) is 36.4 Å². The molecule has 3 heteroatoms. The number of benzene rings is 2. The lowest BCUT2D eigenvalue weighted by Crippen LogP contribution is -2.71. The van der Waals surface area contributed by atoms with Crippen molar-refractivity contribution in [1.82, 2.24) is 0 Å². The number of hydrogen-bond acceptors (Lipinski definition) is 0. The fraction of sp³-hybridized carbons (Fsp3) is 0.444. The van der Waals surface area contributed by atoms with Crippen LogP contribution < -0.4 is 10.4 Å². The van der Waals surface area contributed by atoms with Crippen LogP contribution in [0.15, 0.2) is 36.4 Å². The summed E-state index contributed by atoms with van der Waals surface area (Å²) in [5.74, 6) is 0. The van der Waals surface area contributed by atoms with Crippen LogP contribution in [0.4, 0.5) is 0 Å². The molecule has 0 aromatic heterocycles. The zero-order valence-electron chi connectivity index (χ0n) is 14.4. The van der Waals surface area contributed by atoms with Crippen LogP contribution in [0.5, 0.6) is 0 Å². The minimum Gasteiger partial charge on any atom is -0.0697 e. The topological polar surface area (TPSA) is 0 Å². The smallest absolute Gasteiger partial charge is 0.0697 e. The molecule has 0 saturated carbocycles. The van der Waals surface area contributed by atoms with Gasteiger partial charge >= 0.3 is 0 Å². The predicted molar refractivity (Wildman–Crippen MR) is 105 cm³/mol. The molecule has 0 unspecified atom stereocenters. The van der Waals surface area contributed by atoms with Crippen molar-refractivity contribution in [2.24, 2.45) is 0 Å². The molecule has 3 rings (SSSR count). The van der Waals surface area contributed by atoms with Crippen molar-refractivity contribution in [2.45, 2.75) is 50.6 Å². The molecule has 1 heterocycles. The third-order valence-corrected chi connectivity index (χ3v) is 20.8. The lowest BCUT2D eigenvalue weighted by atomic mass is 10.1. The molecule has 1 aliphatic rings. The van der Waals surface area contributed by atoms with E-state index in [1.807, 2.05) is 0 Å². The highest BCUT2D eigenvalue weighted by Gasteiger charge is 2.50. The van der Waals surface area contributed by atoms with Gasteiger partial charge in [0.1, 0.15) is 8.07 Å². The summed E-state index contributed by atoms with van der Waals surface area (Å²) in [5, 5.41) is 6.68. The van der Waals surface area contributed by atoms with E-state index >= 15 is 0 Å². The summed E-state index contributed by atoms with van der Waals surface area (Å²) in [6.45, 7) is 15.4. The molecule has 21 heavy (non-hydrogen) atoms. The molecule has 112 valence electrons. The van der Waals surface area contributed by atoms with Gasteiger partial charge < -0.3 is 0 Å². The summed E-state index contributed by atoms with van der Waals surface area (Å²) in [6, 6.07) is 14.1. The van der Waals surface area contributed by atoms with Crippen molar-refractivity contribution in [3.63, 3.8) is 0 Å². The minimum absolute atomic E-state index is 1.06. The Morgan fingerprint density at radius 2 is 1.14 bits per heavy atom. The molecule has 2 aromatic rings. The highest BCUT2D eigenvalue weighted by atomic mass is 28.4. The molecular formula is C18H28Si3. The molecule has 0 nitrogen and oxygen atoms in total. The van der Waals surface area contributed by atoms with Crippen LogP contribution in [0.2, 0.25) is 50.6 Å². The van der Waals surface area contributed by atoms with Crippen LogP contribution in [-0.4, -0.2) is 24.2 Å². The van der Waals surface area contributed by atoms with E-state index in [2.05, 4.69) is 75.7 Å². The quantitative estimate of drug-likeness (QED) is 0.726. The predicted octanol–water partition coefficient (Wildman–Crippen LogP) is 4.47. The average Bonchev–Trinajstić information content (AvgIpc) is 2.33. The third-order valence-electron chi connectivity index (χ3n) is 4.60. The second-order valence-electron chi connectivity index (χ2n) is 9.27. The highest BCUT2D eigenvalue weighted by Crippen LogP contribution is 2.36. The maximum atomic E-state index is 2.56. The van der Waals surface area contributed by atoms with E-state index in [0.29, 0.717) is 0 Å². The monoisotopic (exact) mass is 328 g/mol. The number of hydrogen-bond donors (Lipinski definition) is 0. The maximum Gasteiger partial charge on any atom is 0.114 e. The zero-order valence-corrected chi connectivity index (χ0v) is 17.4. The van der Waals surface area contributed by atoms with Gasteiger partial charge in [-0.3, -0.25) is 0 Å². The Morgan fingerprint density at radius 3 is 1.52 bits per heavy atom. The van der Waals surface area contributed by atoms with E-state index in [1.165, 1.54) is 5.39 Å². The van der Waals surface area contributed by atoms with Gasteiger partial charge in [0.25, 0.3) is 0 Å². The molecule has 0 radical (unpaired) electrons. The second-order valence-corrected chi connectivity index (χ2v) is 25.6. The Bertz CT molecular complexity index is 633. The Hall–Kier alpha value is -0.649. The molecule has 0 N–H and O–H groups in total. The van der Waals surface area contributed by atoms with Crippen LogP contribution in [0.25, 0.3) is 10.8 Å². The first-order valence-corrected chi connectivity index (χ1v) is 18.0. The zero-order chi connectivity index (χ0) is 15.5. The Balaban J connectivity index is 2.18. The fourth-order valence-corrected chi connectivity index (χ4v) is 26.1. The molecule has 0 fully saturated rings. The van der Waals surface area contributed by atoms with Crippen molar-refractivity contribution in [2.75, 3.05) is 0 Å². The molecule has 0 bridgehead atoms. The standard InChI is InChI=1S/C18H28Si3/c1-19(2,3)13-21(14-20(4,5)6)16-11-7-9-15-10-8-12-17(21)18(15)16/h7-12H,13-14H2,1-6H3. The van der Waals surface area contributed by atoms with Gasteiger partial charge in [0.2, 0.25) is 0 Å². The van der Waals surface area contributed by atoms with E-state index < -0.39 is 24.2 Å².